The highest BCUT2D eigenvalue weighted by Crippen LogP contribution is 2.08. The first-order chi connectivity index (χ1) is 12.2. The molecule has 0 amide bonds. The Labute approximate surface area is 152 Å². The third kappa shape index (κ3) is 7.81. The Kier molecular flexibility index (Phi) is 8.31. The highest BCUT2D eigenvalue weighted by atomic mass is 32.2. The molecule has 2 N–H and O–H groups in total. The molecule has 0 bridgehead atoms. The van der Waals surface area contributed by atoms with Crippen molar-refractivity contribution in [2.45, 2.75) is 11.8 Å². The third-order valence-electron chi connectivity index (χ3n) is 2.83. The van der Waals surface area contributed by atoms with Crippen molar-refractivity contribution in [1.82, 2.24) is 5.32 Å². The van der Waals surface area contributed by atoms with Crippen LogP contribution in [0.25, 0.3) is 0 Å². The topological polar surface area (TPSA) is 106 Å². The Bertz CT molecular complexity index is 861. The van der Waals surface area contributed by atoms with E-state index in [-0.39, 0.29) is 10.7 Å². The van der Waals surface area contributed by atoms with Crippen LogP contribution in [0.15, 0.2) is 64.3 Å². The van der Waals surface area contributed by atoms with Gasteiger partial charge in [-0.05, 0) is 31.2 Å². The van der Waals surface area contributed by atoms with Crippen LogP contribution in [0.5, 0.6) is 0 Å². The molecule has 2 aromatic rings. The summed E-state index contributed by atoms with van der Waals surface area (Å²) in [5.74, 6) is 2.27. The van der Waals surface area contributed by atoms with Crippen molar-refractivity contribution in [2.75, 3.05) is 13.1 Å². The van der Waals surface area contributed by atoms with Crippen molar-refractivity contribution in [3.63, 3.8) is 0 Å². The van der Waals surface area contributed by atoms with Gasteiger partial charge in [-0.15, -0.1) is 6.42 Å². The van der Waals surface area contributed by atoms with Crippen LogP contribution in [0, 0.1) is 19.3 Å². The molecule has 0 unspecified atom stereocenters. The standard InChI is InChI=1S/C11H11NO3.C7H8O3S/c1-3-6-12-8-9(2)15-11(13)10-5-4-7-14-10;1-6-2-4-7(5-3-6)11(8,9)10/h1,4-5,7,12H,2,6,8H2;2-5H,1H3,(H,8,9,10). The second kappa shape index (κ2) is 10.2. The van der Waals surface area contributed by atoms with Crippen LogP contribution in [-0.4, -0.2) is 32.0 Å². The van der Waals surface area contributed by atoms with Gasteiger partial charge in [-0.3, -0.25) is 9.87 Å². The molecule has 2 rings (SSSR count). The predicted molar refractivity (Wildman–Crippen MR) is 96.0 cm³/mol. The lowest BCUT2D eigenvalue weighted by molar-refractivity contribution is 0.0584. The number of esters is 1. The molecule has 1 aromatic heterocycles. The molecular weight excluding hydrogens is 358 g/mol. The predicted octanol–water partition coefficient (Wildman–Crippen LogP) is 2.41. The molecule has 8 heteroatoms. The molecule has 7 nitrogen and oxygen atoms in total. The van der Waals surface area contributed by atoms with Gasteiger partial charge in [-0.1, -0.05) is 30.2 Å². The highest BCUT2D eigenvalue weighted by molar-refractivity contribution is 7.85. The molecule has 0 saturated carbocycles. The summed E-state index contributed by atoms with van der Waals surface area (Å²) in [6.45, 7) is 6.13. The molecule has 0 fully saturated rings. The monoisotopic (exact) mass is 377 g/mol. The first-order valence-corrected chi connectivity index (χ1v) is 8.80. The van der Waals surface area contributed by atoms with Gasteiger partial charge in [0.25, 0.3) is 10.1 Å². The van der Waals surface area contributed by atoms with E-state index in [4.69, 9.17) is 20.1 Å². The van der Waals surface area contributed by atoms with Gasteiger partial charge in [0, 0.05) is 0 Å². The molecule has 0 aliphatic rings. The minimum absolute atomic E-state index is 0.0666. The van der Waals surface area contributed by atoms with E-state index in [0.29, 0.717) is 18.8 Å². The van der Waals surface area contributed by atoms with E-state index in [1.165, 1.54) is 24.5 Å². The van der Waals surface area contributed by atoms with Gasteiger partial charge in [0.1, 0.15) is 5.76 Å². The molecule has 0 spiro atoms. The fourth-order valence-electron chi connectivity index (χ4n) is 1.60. The van der Waals surface area contributed by atoms with Crippen molar-refractivity contribution in [3.05, 3.63) is 66.3 Å². The molecule has 0 atom stereocenters. The zero-order chi connectivity index (χ0) is 19.6. The Balaban J connectivity index is 0.000000273. The molecule has 26 heavy (non-hydrogen) atoms. The lowest BCUT2D eigenvalue weighted by Gasteiger charge is -2.05. The van der Waals surface area contributed by atoms with E-state index in [2.05, 4.69) is 17.8 Å². The Morgan fingerprint density at radius 2 is 2.00 bits per heavy atom. The highest BCUT2D eigenvalue weighted by Gasteiger charge is 2.11. The number of carbonyl (C=O) groups is 1. The average Bonchev–Trinajstić information content (AvgIpc) is 3.10. The molecule has 0 aliphatic heterocycles. The number of aryl methyl sites for hydroxylation is 1. The Morgan fingerprint density at radius 1 is 1.35 bits per heavy atom. The summed E-state index contributed by atoms with van der Waals surface area (Å²) in [6, 6.07) is 9.11. The quantitative estimate of drug-likeness (QED) is 0.262. The van der Waals surface area contributed by atoms with Gasteiger partial charge in [-0.25, -0.2) is 4.79 Å². The zero-order valence-electron chi connectivity index (χ0n) is 14.1. The van der Waals surface area contributed by atoms with Crippen LogP contribution in [0.1, 0.15) is 16.1 Å². The first kappa shape index (κ1) is 21.2. The van der Waals surface area contributed by atoms with Crippen molar-refractivity contribution < 1.29 is 26.9 Å². The lowest BCUT2D eigenvalue weighted by atomic mass is 10.2. The fourth-order valence-corrected chi connectivity index (χ4v) is 2.08. The van der Waals surface area contributed by atoms with Crippen LogP contribution in [0.2, 0.25) is 0 Å². The normalized spacial score (nSPS) is 10.2. The van der Waals surface area contributed by atoms with Gasteiger partial charge < -0.3 is 9.15 Å². The van der Waals surface area contributed by atoms with Crippen molar-refractivity contribution in [2.24, 2.45) is 0 Å². The average molecular weight is 377 g/mol. The number of hydrogen-bond acceptors (Lipinski definition) is 6. The van der Waals surface area contributed by atoms with E-state index in [0.717, 1.165) is 5.56 Å². The maximum atomic E-state index is 11.3. The van der Waals surface area contributed by atoms with E-state index in [1.54, 1.807) is 18.2 Å². The third-order valence-corrected chi connectivity index (χ3v) is 3.70. The maximum absolute atomic E-state index is 11.3. The van der Waals surface area contributed by atoms with Crippen molar-refractivity contribution in [3.8, 4) is 12.3 Å². The van der Waals surface area contributed by atoms with Gasteiger partial charge in [0.05, 0.1) is 24.2 Å². The summed E-state index contributed by atoms with van der Waals surface area (Å²) in [4.78, 5) is 11.2. The number of terminal acetylenes is 1. The number of nitrogens with one attached hydrogen (secondary N) is 1. The van der Waals surface area contributed by atoms with E-state index >= 15 is 0 Å². The van der Waals surface area contributed by atoms with Crippen molar-refractivity contribution >= 4 is 16.1 Å². The summed E-state index contributed by atoms with van der Waals surface area (Å²) in [5.41, 5.74) is 0.956. The van der Waals surface area contributed by atoms with Gasteiger partial charge in [0.15, 0.2) is 0 Å². The van der Waals surface area contributed by atoms with Gasteiger partial charge in [-0.2, -0.15) is 8.42 Å². The number of benzene rings is 1. The molecular formula is C18H19NO6S. The fraction of sp³-hybridized carbons (Fsp3) is 0.167. The number of rotatable bonds is 6. The molecule has 0 saturated heterocycles. The number of carbonyl (C=O) groups excluding carboxylic acids is 1. The van der Waals surface area contributed by atoms with E-state index < -0.39 is 16.1 Å². The summed E-state index contributed by atoms with van der Waals surface area (Å²) < 4.78 is 39.3. The van der Waals surface area contributed by atoms with E-state index in [9.17, 15) is 13.2 Å². The minimum Gasteiger partial charge on any atom is -0.457 e. The largest absolute Gasteiger partial charge is 0.457 e. The summed E-state index contributed by atoms with van der Waals surface area (Å²) in [7, 11) is -4.02. The van der Waals surface area contributed by atoms with Crippen molar-refractivity contribution in [1.29, 1.82) is 0 Å². The van der Waals surface area contributed by atoms with Crippen LogP contribution >= 0.6 is 0 Å². The summed E-state index contributed by atoms with van der Waals surface area (Å²) in [5, 5.41) is 2.84. The van der Waals surface area contributed by atoms with Crippen LogP contribution in [0.3, 0.4) is 0 Å². The first-order valence-electron chi connectivity index (χ1n) is 7.36. The minimum atomic E-state index is -4.02. The zero-order valence-corrected chi connectivity index (χ0v) is 15.0. The van der Waals surface area contributed by atoms with Gasteiger partial charge in [0.2, 0.25) is 5.76 Å². The molecule has 1 heterocycles. The second-order valence-corrected chi connectivity index (χ2v) is 6.42. The molecule has 138 valence electrons. The van der Waals surface area contributed by atoms with Gasteiger partial charge >= 0.3 is 5.97 Å². The lowest BCUT2D eigenvalue weighted by Crippen LogP contribution is -2.19. The number of ether oxygens (including phenoxy) is 1. The molecule has 0 aliphatic carbocycles. The van der Waals surface area contributed by atoms with Crippen LogP contribution in [0.4, 0.5) is 0 Å². The smallest absolute Gasteiger partial charge is 0.379 e. The van der Waals surface area contributed by atoms with E-state index in [1.807, 2.05) is 6.92 Å². The van der Waals surface area contributed by atoms with Crippen LogP contribution < -0.4 is 5.32 Å². The molecule has 0 radical (unpaired) electrons. The summed E-state index contributed by atoms with van der Waals surface area (Å²) >= 11 is 0. The van der Waals surface area contributed by atoms with Crippen LogP contribution in [-0.2, 0) is 14.9 Å². The number of furan rings is 1. The summed E-state index contributed by atoms with van der Waals surface area (Å²) in [6.07, 6.45) is 6.43. The Hall–Kier alpha value is -2.86. The Morgan fingerprint density at radius 3 is 2.50 bits per heavy atom. The molecule has 1 aromatic carbocycles. The SMILES string of the molecule is C#CCNCC(=C)OC(=O)c1ccco1.Cc1ccc(S(=O)(=O)O)cc1. The number of hydrogen-bond donors (Lipinski definition) is 2. The second-order valence-electron chi connectivity index (χ2n) is 5.00. The maximum Gasteiger partial charge on any atom is 0.379 e.